The highest BCUT2D eigenvalue weighted by Gasteiger charge is 2.55. The van der Waals surface area contributed by atoms with Crippen LogP contribution in [0.25, 0.3) is 0 Å². The fourth-order valence-electron chi connectivity index (χ4n) is 5.75. The van der Waals surface area contributed by atoms with Gasteiger partial charge >= 0.3 is 0 Å². The van der Waals surface area contributed by atoms with Gasteiger partial charge in [0.15, 0.2) is 0 Å². The van der Waals surface area contributed by atoms with Crippen molar-refractivity contribution in [1.29, 1.82) is 0 Å². The van der Waals surface area contributed by atoms with E-state index >= 15 is 0 Å². The van der Waals surface area contributed by atoms with Crippen LogP contribution in [0.5, 0.6) is 0 Å². The van der Waals surface area contributed by atoms with Crippen molar-refractivity contribution >= 4 is 0 Å². The molecule has 2 aliphatic heterocycles. The maximum Gasteiger partial charge on any atom is 0.0617 e. The van der Waals surface area contributed by atoms with Crippen molar-refractivity contribution in [3.05, 3.63) is 0 Å². The van der Waals surface area contributed by atoms with Crippen LogP contribution in [0.3, 0.4) is 0 Å². The molecule has 140 valence electrons. The van der Waals surface area contributed by atoms with Gasteiger partial charge in [-0.3, -0.25) is 0 Å². The third-order valence-electron chi connectivity index (χ3n) is 7.52. The van der Waals surface area contributed by atoms with E-state index < -0.39 is 0 Å². The van der Waals surface area contributed by atoms with Gasteiger partial charge in [0.1, 0.15) is 0 Å². The molecule has 0 aromatic rings. The molecule has 24 heavy (non-hydrogen) atoms. The normalized spacial score (nSPS) is 44.2. The Morgan fingerprint density at radius 2 is 1.00 bits per heavy atom. The second-order valence-corrected chi connectivity index (χ2v) is 11.0. The van der Waals surface area contributed by atoms with Crippen LogP contribution in [-0.2, 0) is 9.47 Å². The minimum atomic E-state index is 0.362. The lowest BCUT2D eigenvalue weighted by Crippen LogP contribution is -2.58. The van der Waals surface area contributed by atoms with Gasteiger partial charge in [0.05, 0.1) is 24.4 Å². The van der Waals surface area contributed by atoms with E-state index in [1.165, 1.54) is 25.7 Å². The first kappa shape index (κ1) is 18.7. The quantitative estimate of drug-likeness (QED) is 0.644. The van der Waals surface area contributed by atoms with Crippen molar-refractivity contribution in [1.82, 2.24) is 0 Å². The zero-order valence-electron chi connectivity index (χ0n) is 17.3. The van der Waals surface area contributed by atoms with E-state index in [1.807, 2.05) is 0 Å². The van der Waals surface area contributed by atoms with Crippen LogP contribution in [0.15, 0.2) is 0 Å². The molecule has 3 rings (SSSR count). The van der Waals surface area contributed by atoms with E-state index in [-0.39, 0.29) is 0 Å². The summed E-state index contributed by atoms with van der Waals surface area (Å²) in [5.41, 5.74) is 0.724. The lowest BCUT2D eigenvalue weighted by atomic mass is 9.56. The first-order chi connectivity index (χ1) is 11.0. The summed E-state index contributed by atoms with van der Waals surface area (Å²) in [7, 11) is 0. The molecular formula is C22H40O2. The van der Waals surface area contributed by atoms with Crippen molar-refractivity contribution < 1.29 is 9.47 Å². The maximum absolute atomic E-state index is 6.65. The van der Waals surface area contributed by atoms with Crippen molar-refractivity contribution in [3.8, 4) is 0 Å². The average Bonchev–Trinajstić information content (AvgIpc) is 2.44. The molecule has 0 bridgehead atoms. The molecule has 3 aliphatic rings. The third kappa shape index (κ3) is 3.30. The minimum absolute atomic E-state index is 0.362. The largest absolute Gasteiger partial charge is 0.374 e. The van der Waals surface area contributed by atoms with E-state index in [4.69, 9.17) is 9.47 Å². The topological polar surface area (TPSA) is 18.5 Å². The Kier molecular flexibility index (Phi) is 4.88. The maximum atomic E-state index is 6.65. The fourth-order valence-corrected chi connectivity index (χ4v) is 5.75. The Bertz CT molecular complexity index is 409. The van der Waals surface area contributed by atoms with Crippen LogP contribution < -0.4 is 0 Å². The summed E-state index contributed by atoms with van der Waals surface area (Å²) in [5.74, 6) is 2.53. The Hall–Kier alpha value is -0.0800. The Morgan fingerprint density at radius 3 is 1.29 bits per heavy atom. The molecule has 2 nitrogen and oxygen atoms in total. The van der Waals surface area contributed by atoms with Crippen LogP contribution >= 0.6 is 0 Å². The van der Waals surface area contributed by atoms with E-state index in [2.05, 4.69) is 55.4 Å². The molecule has 1 saturated carbocycles. The molecule has 2 heterocycles. The fraction of sp³-hybridized carbons (Fsp3) is 1.00. The van der Waals surface area contributed by atoms with Crippen LogP contribution in [0.4, 0.5) is 0 Å². The molecule has 2 heteroatoms. The Labute approximate surface area is 150 Å². The van der Waals surface area contributed by atoms with Crippen molar-refractivity contribution in [2.45, 2.75) is 105 Å². The number of rotatable bonds is 2. The van der Waals surface area contributed by atoms with Gasteiger partial charge in [-0.05, 0) is 60.2 Å². The van der Waals surface area contributed by atoms with Crippen molar-refractivity contribution in [2.24, 2.45) is 34.5 Å². The molecule has 0 radical (unpaired) electrons. The number of ether oxygens (including phenoxy) is 2. The number of hydrogen-bond acceptors (Lipinski definition) is 2. The van der Waals surface area contributed by atoms with E-state index in [0.29, 0.717) is 58.9 Å². The summed E-state index contributed by atoms with van der Waals surface area (Å²) in [6.07, 6.45) is 6.49. The molecule has 0 spiro atoms. The SMILES string of the molecule is CC(C)[C@H]1CC(C)(C)[C@@H]2C[C@H]3O[C@@H](C(C)C)CC(C)(C)[C@@H]3C[C@@H]2O1. The summed E-state index contributed by atoms with van der Waals surface area (Å²) >= 11 is 0. The van der Waals surface area contributed by atoms with Gasteiger partial charge in [-0.25, -0.2) is 0 Å². The highest BCUT2D eigenvalue weighted by Crippen LogP contribution is 2.56. The van der Waals surface area contributed by atoms with Gasteiger partial charge in [-0.15, -0.1) is 0 Å². The number of hydrogen-bond donors (Lipinski definition) is 0. The van der Waals surface area contributed by atoms with E-state index in [1.54, 1.807) is 0 Å². The highest BCUT2D eigenvalue weighted by atomic mass is 16.5. The predicted octanol–water partition coefficient (Wildman–Crippen LogP) is 5.69. The molecule has 0 aromatic carbocycles. The average molecular weight is 337 g/mol. The lowest BCUT2D eigenvalue weighted by Gasteiger charge is -2.58. The second kappa shape index (κ2) is 6.27. The highest BCUT2D eigenvalue weighted by molar-refractivity contribution is 5.03. The second-order valence-electron chi connectivity index (χ2n) is 11.0. The van der Waals surface area contributed by atoms with Crippen LogP contribution in [0.2, 0.25) is 0 Å². The summed E-state index contributed by atoms with van der Waals surface area (Å²) in [4.78, 5) is 0. The number of fused-ring (bicyclic) bond motifs is 2. The summed E-state index contributed by atoms with van der Waals surface area (Å²) < 4.78 is 13.3. The van der Waals surface area contributed by atoms with Crippen molar-refractivity contribution in [3.63, 3.8) is 0 Å². The minimum Gasteiger partial charge on any atom is -0.374 e. The van der Waals surface area contributed by atoms with Gasteiger partial charge < -0.3 is 9.47 Å². The molecule has 0 aromatic heterocycles. The lowest BCUT2D eigenvalue weighted by molar-refractivity contribution is -0.237. The predicted molar refractivity (Wildman–Crippen MR) is 100 cm³/mol. The monoisotopic (exact) mass is 336 g/mol. The molecular weight excluding hydrogens is 296 g/mol. The van der Waals surface area contributed by atoms with Gasteiger partial charge in [-0.2, -0.15) is 0 Å². The first-order valence-electron chi connectivity index (χ1n) is 10.3. The van der Waals surface area contributed by atoms with Gasteiger partial charge in [-0.1, -0.05) is 55.4 Å². The van der Waals surface area contributed by atoms with Gasteiger partial charge in [0, 0.05) is 0 Å². The van der Waals surface area contributed by atoms with Crippen molar-refractivity contribution in [2.75, 3.05) is 0 Å². The van der Waals surface area contributed by atoms with E-state index in [0.717, 1.165) is 0 Å². The van der Waals surface area contributed by atoms with Crippen LogP contribution in [-0.4, -0.2) is 24.4 Å². The Morgan fingerprint density at radius 1 is 0.667 bits per heavy atom. The van der Waals surface area contributed by atoms with Crippen LogP contribution in [0, 0.1) is 34.5 Å². The summed E-state index contributed by atoms with van der Waals surface area (Å²) in [6.45, 7) is 19.1. The Balaban J connectivity index is 1.82. The standard InChI is InChI=1S/C22H40O2/c1-13(2)19-11-21(5,6)15-10-18-16(9-17(15)23-19)22(7,8)12-20(24-18)14(3)4/h13-20H,9-12H2,1-8H3/t15-,16-,17-,18+,19-,20-/m1/s1. The van der Waals surface area contributed by atoms with Gasteiger partial charge in [0.2, 0.25) is 0 Å². The van der Waals surface area contributed by atoms with Gasteiger partial charge in [0.25, 0.3) is 0 Å². The molecule has 0 N–H and O–H groups in total. The first-order valence-corrected chi connectivity index (χ1v) is 10.3. The molecule has 3 fully saturated rings. The molecule has 2 saturated heterocycles. The van der Waals surface area contributed by atoms with Crippen LogP contribution in [0.1, 0.15) is 81.1 Å². The smallest absolute Gasteiger partial charge is 0.0617 e. The molecule has 0 amide bonds. The van der Waals surface area contributed by atoms with E-state index in [9.17, 15) is 0 Å². The zero-order chi connectivity index (χ0) is 17.9. The summed E-state index contributed by atoms with van der Waals surface area (Å²) in [6, 6.07) is 0. The molecule has 6 atom stereocenters. The third-order valence-corrected chi connectivity index (χ3v) is 7.52. The zero-order valence-corrected chi connectivity index (χ0v) is 17.3. The summed E-state index contributed by atoms with van der Waals surface area (Å²) in [5, 5.41) is 0. The molecule has 0 unspecified atom stereocenters. The molecule has 1 aliphatic carbocycles.